The van der Waals surface area contributed by atoms with Gasteiger partial charge in [0.2, 0.25) is 0 Å². The van der Waals surface area contributed by atoms with Crippen LogP contribution in [0.2, 0.25) is 5.02 Å². The van der Waals surface area contributed by atoms with Crippen molar-refractivity contribution in [2.24, 2.45) is 0 Å². The fourth-order valence-corrected chi connectivity index (χ4v) is 2.67. The largest absolute Gasteiger partial charge is 0.452 e. The van der Waals surface area contributed by atoms with Crippen molar-refractivity contribution in [2.75, 3.05) is 11.9 Å². The average molecular weight is 366 g/mol. The van der Waals surface area contributed by atoms with Crippen LogP contribution < -0.4 is 5.32 Å². The van der Waals surface area contributed by atoms with Crippen molar-refractivity contribution in [1.82, 2.24) is 0 Å². The van der Waals surface area contributed by atoms with Crippen LogP contribution >= 0.6 is 11.6 Å². The molecule has 0 saturated heterocycles. The van der Waals surface area contributed by atoms with Crippen molar-refractivity contribution in [3.8, 4) is 0 Å². The summed E-state index contributed by atoms with van der Waals surface area (Å²) in [6, 6.07) is 20.6. The van der Waals surface area contributed by atoms with Crippen LogP contribution in [0.5, 0.6) is 0 Å². The molecule has 1 N–H and O–H groups in total. The van der Waals surface area contributed by atoms with Crippen LogP contribution in [0.3, 0.4) is 0 Å². The van der Waals surface area contributed by atoms with Crippen LogP contribution in [-0.4, -0.2) is 18.5 Å². The SMILES string of the molecule is O=C(COC(=O)/C=C/c1cccc2ccccc12)Nc1ccccc1Cl. The zero-order valence-corrected chi connectivity index (χ0v) is 14.6. The van der Waals surface area contributed by atoms with Crippen molar-refractivity contribution in [3.05, 3.63) is 83.4 Å². The molecular formula is C21H16ClNO3. The highest BCUT2D eigenvalue weighted by atomic mass is 35.5. The normalized spacial score (nSPS) is 10.8. The summed E-state index contributed by atoms with van der Waals surface area (Å²) in [6.45, 7) is -0.385. The molecule has 1 amide bonds. The Kier molecular flexibility index (Phi) is 5.66. The maximum atomic E-state index is 11.9. The van der Waals surface area contributed by atoms with Gasteiger partial charge in [0.15, 0.2) is 6.61 Å². The summed E-state index contributed by atoms with van der Waals surface area (Å²) < 4.78 is 4.97. The minimum absolute atomic E-state index is 0.385. The first-order chi connectivity index (χ1) is 12.6. The van der Waals surface area contributed by atoms with Gasteiger partial charge in [-0.15, -0.1) is 0 Å². The summed E-state index contributed by atoms with van der Waals surface area (Å²) in [6.07, 6.45) is 2.99. The lowest BCUT2D eigenvalue weighted by Gasteiger charge is -2.06. The van der Waals surface area contributed by atoms with E-state index in [1.165, 1.54) is 6.08 Å². The van der Waals surface area contributed by atoms with E-state index in [0.717, 1.165) is 16.3 Å². The molecule has 130 valence electrons. The molecule has 0 saturated carbocycles. The summed E-state index contributed by atoms with van der Waals surface area (Å²) in [5.74, 6) is -1.04. The van der Waals surface area contributed by atoms with Gasteiger partial charge in [-0.05, 0) is 34.5 Å². The van der Waals surface area contributed by atoms with Gasteiger partial charge < -0.3 is 10.1 Å². The molecule has 0 fully saturated rings. The number of amides is 1. The van der Waals surface area contributed by atoms with E-state index in [1.54, 1.807) is 30.3 Å². The molecule has 0 aliphatic carbocycles. The average Bonchev–Trinajstić information content (AvgIpc) is 2.66. The van der Waals surface area contributed by atoms with Crippen molar-refractivity contribution < 1.29 is 14.3 Å². The van der Waals surface area contributed by atoms with Crippen LogP contribution in [-0.2, 0) is 14.3 Å². The Balaban J connectivity index is 1.58. The van der Waals surface area contributed by atoms with Crippen molar-refractivity contribution in [1.29, 1.82) is 0 Å². The van der Waals surface area contributed by atoms with Gasteiger partial charge in [0.1, 0.15) is 0 Å². The van der Waals surface area contributed by atoms with Crippen LogP contribution in [0.4, 0.5) is 5.69 Å². The van der Waals surface area contributed by atoms with E-state index >= 15 is 0 Å². The Morgan fingerprint density at radius 1 is 0.962 bits per heavy atom. The highest BCUT2D eigenvalue weighted by Crippen LogP contribution is 2.21. The zero-order valence-electron chi connectivity index (χ0n) is 13.8. The van der Waals surface area contributed by atoms with Gasteiger partial charge >= 0.3 is 5.97 Å². The number of fused-ring (bicyclic) bond motifs is 1. The number of anilines is 1. The second-order valence-electron chi connectivity index (χ2n) is 5.54. The Hall–Kier alpha value is -3.11. The van der Waals surface area contributed by atoms with Gasteiger partial charge in [-0.3, -0.25) is 4.79 Å². The predicted octanol–water partition coefficient (Wildman–Crippen LogP) is 4.69. The molecule has 0 unspecified atom stereocenters. The first kappa shape index (κ1) is 17.7. The maximum Gasteiger partial charge on any atom is 0.331 e. The Bertz CT molecular complexity index is 976. The second kappa shape index (κ2) is 8.32. The van der Waals surface area contributed by atoms with Crippen LogP contribution in [0.25, 0.3) is 16.8 Å². The molecule has 4 nitrogen and oxygen atoms in total. The Morgan fingerprint density at radius 2 is 1.69 bits per heavy atom. The van der Waals surface area contributed by atoms with E-state index in [4.69, 9.17) is 16.3 Å². The molecule has 0 heterocycles. The number of hydrogen-bond acceptors (Lipinski definition) is 3. The zero-order chi connectivity index (χ0) is 18.4. The molecule has 0 radical (unpaired) electrons. The molecule has 3 rings (SSSR count). The Labute approximate surface area is 156 Å². The smallest absolute Gasteiger partial charge is 0.331 e. The lowest BCUT2D eigenvalue weighted by Crippen LogP contribution is -2.20. The lowest BCUT2D eigenvalue weighted by molar-refractivity contribution is -0.142. The van der Waals surface area contributed by atoms with E-state index in [1.807, 2.05) is 42.5 Å². The van der Waals surface area contributed by atoms with E-state index in [0.29, 0.717) is 10.7 Å². The van der Waals surface area contributed by atoms with Crippen molar-refractivity contribution in [3.63, 3.8) is 0 Å². The number of rotatable bonds is 5. The molecule has 0 aromatic heterocycles. The maximum absolute atomic E-state index is 11.9. The Morgan fingerprint density at radius 3 is 2.54 bits per heavy atom. The fraction of sp³-hybridized carbons (Fsp3) is 0.0476. The third kappa shape index (κ3) is 4.49. The second-order valence-corrected chi connectivity index (χ2v) is 5.94. The number of benzene rings is 3. The number of esters is 1. The molecule has 0 aliphatic rings. The van der Waals surface area contributed by atoms with E-state index in [-0.39, 0.29) is 6.61 Å². The van der Waals surface area contributed by atoms with Crippen LogP contribution in [0, 0.1) is 0 Å². The minimum Gasteiger partial charge on any atom is -0.452 e. The molecule has 3 aromatic rings. The summed E-state index contributed by atoms with van der Waals surface area (Å²) in [7, 11) is 0. The fourth-order valence-electron chi connectivity index (χ4n) is 2.49. The number of hydrogen-bond donors (Lipinski definition) is 1. The number of nitrogens with one attached hydrogen (secondary N) is 1. The standard InChI is InChI=1S/C21H16ClNO3/c22-18-10-3-4-11-19(18)23-20(24)14-26-21(25)13-12-16-8-5-7-15-6-1-2-9-17(15)16/h1-13H,14H2,(H,23,24)/b13-12+. The molecule has 0 atom stereocenters. The third-order valence-corrected chi connectivity index (χ3v) is 4.05. The molecule has 5 heteroatoms. The summed E-state index contributed by atoms with van der Waals surface area (Å²) in [4.78, 5) is 23.7. The first-order valence-electron chi connectivity index (χ1n) is 8.00. The van der Waals surface area contributed by atoms with Crippen LogP contribution in [0.1, 0.15) is 5.56 Å². The van der Waals surface area contributed by atoms with Gasteiger partial charge in [0.25, 0.3) is 5.91 Å². The minimum atomic E-state index is -0.591. The quantitative estimate of drug-likeness (QED) is 0.527. The number of carbonyl (C=O) groups excluding carboxylic acids is 2. The summed E-state index contributed by atoms with van der Waals surface area (Å²) in [5, 5.41) is 5.13. The first-order valence-corrected chi connectivity index (χ1v) is 8.38. The predicted molar refractivity (Wildman–Crippen MR) is 104 cm³/mol. The number of carbonyl (C=O) groups is 2. The van der Waals surface area contributed by atoms with Gasteiger partial charge in [-0.2, -0.15) is 0 Å². The van der Waals surface area contributed by atoms with Gasteiger partial charge in [-0.1, -0.05) is 66.2 Å². The number of halogens is 1. The van der Waals surface area contributed by atoms with Gasteiger partial charge in [0, 0.05) is 6.08 Å². The highest BCUT2D eigenvalue weighted by Gasteiger charge is 2.07. The molecule has 3 aromatic carbocycles. The number of para-hydroxylation sites is 1. The van der Waals surface area contributed by atoms with Crippen LogP contribution in [0.15, 0.2) is 72.8 Å². The summed E-state index contributed by atoms with van der Waals surface area (Å²) in [5.41, 5.74) is 1.38. The lowest BCUT2D eigenvalue weighted by atomic mass is 10.0. The molecule has 0 bridgehead atoms. The van der Waals surface area contributed by atoms with Crippen molar-refractivity contribution in [2.45, 2.75) is 0 Å². The number of ether oxygens (including phenoxy) is 1. The van der Waals surface area contributed by atoms with Gasteiger partial charge in [-0.25, -0.2) is 4.79 Å². The monoisotopic (exact) mass is 365 g/mol. The topological polar surface area (TPSA) is 55.4 Å². The third-order valence-electron chi connectivity index (χ3n) is 3.72. The van der Waals surface area contributed by atoms with E-state index < -0.39 is 11.9 Å². The van der Waals surface area contributed by atoms with Crippen molar-refractivity contribution >= 4 is 46.0 Å². The molecule has 0 aliphatic heterocycles. The van der Waals surface area contributed by atoms with Gasteiger partial charge in [0.05, 0.1) is 10.7 Å². The molecule has 0 spiro atoms. The molecule has 26 heavy (non-hydrogen) atoms. The highest BCUT2D eigenvalue weighted by molar-refractivity contribution is 6.33. The van der Waals surface area contributed by atoms with E-state index in [9.17, 15) is 9.59 Å². The summed E-state index contributed by atoms with van der Waals surface area (Å²) >= 11 is 5.96. The van der Waals surface area contributed by atoms with E-state index in [2.05, 4.69) is 5.32 Å². The molecular weight excluding hydrogens is 350 g/mol.